The van der Waals surface area contributed by atoms with Gasteiger partial charge in [-0.3, -0.25) is 0 Å². The van der Waals surface area contributed by atoms with Gasteiger partial charge < -0.3 is 9.57 Å². The molecule has 268 valence electrons. The van der Waals surface area contributed by atoms with Crippen molar-refractivity contribution in [1.82, 2.24) is 5.48 Å². The summed E-state index contributed by atoms with van der Waals surface area (Å²) in [6.45, 7) is 10.5. The maximum Gasteiger partial charge on any atom is 0.330 e. The minimum absolute atomic E-state index is 0.167. The van der Waals surface area contributed by atoms with Crippen LogP contribution in [0.5, 0.6) is 0 Å². The summed E-state index contributed by atoms with van der Waals surface area (Å²) in [6, 6.07) is 0.440. The predicted octanol–water partition coefficient (Wildman–Crippen LogP) is 13.4. The predicted molar refractivity (Wildman–Crippen MR) is 198 cm³/mol. The number of esters is 1. The van der Waals surface area contributed by atoms with Gasteiger partial charge in [-0.15, -0.1) is 0 Å². The van der Waals surface area contributed by atoms with Crippen LogP contribution in [0.3, 0.4) is 0 Å². The van der Waals surface area contributed by atoms with Crippen molar-refractivity contribution >= 4 is 5.97 Å². The number of carbonyl (C=O) groups is 1. The average Bonchev–Trinajstić information content (AvgIpc) is 3.04. The number of nitrogens with one attached hydrogen (secondary N) is 1. The second-order valence-corrected chi connectivity index (χ2v) is 13.9. The minimum atomic E-state index is -0.167. The molecule has 1 atom stereocenters. The smallest absolute Gasteiger partial charge is 0.330 e. The molecule has 4 nitrogen and oxygen atoms in total. The molecule has 0 rings (SSSR count). The van der Waals surface area contributed by atoms with Crippen molar-refractivity contribution in [3.63, 3.8) is 0 Å². The molecule has 4 heteroatoms. The molecule has 0 amide bonds. The van der Waals surface area contributed by atoms with Crippen LogP contribution in [0.25, 0.3) is 0 Å². The van der Waals surface area contributed by atoms with Crippen molar-refractivity contribution in [1.29, 1.82) is 0 Å². The molecule has 0 aromatic rings. The van der Waals surface area contributed by atoms with Crippen LogP contribution in [0.2, 0.25) is 0 Å². The first-order chi connectivity index (χ1) is 22.2. The molecule has 1 unspecified atom stereocenters. The number of unbranched alkanes of at least 4 members (excludes halogenated alkanes) is 20. The van der Waals surface area contributed by atoms with Gasteiger partial charge in [0.15, 0.2) is 0 Å². The lowest BCUT2D eigenvalue weighted by Gasteiger charge is -2.18. The summed E-state index contributed by atoms with van der Waals surface area (Å²) in [5.74, 6) is 0.538. The summed E-state index contributed by atoms with van der Waals surface area (Å²) in [6.07, 6.45) is 42.1. The van der Waals surface area contributed by atoms with Gasteiger partial charge in [-0.25, -0.2) is 4.79 Å². The zero-order valence-electron chi connectivity index (χ0n) is 31.2. The quantitative estimate of drug-likeness (QED) is 0.0319. The van der Waals surface area contributed by atoms with Crippen LogP contribution in [0.15, 0.2) is 12.2 Å². The number of hydroxylamine groups is 1. The zero-order valence-corrected chi connectivity index (χ0v) is 31.2. The summed E-state index contributed by atoms with van der Waals surface area (Å²) in [4.78, 5) is 18.2. The van der Waals surface area contributed by atoms with Crippen molar-refractivity contribution in [3.05, 3.63) is 12.2 Å². The molecular formula is C41H81NO3. The van der Waals surface area contributed by atoms with E-state index in [9.17, 15) is 4.79 Å². The molecule has 0 aromatic heterocycles. The molecule has 0 aliphatic heterocycles. The molecule has 0 fully saturated rings. The summed E-state index contributed by atoms with van der Waals surface area (Å²) < 4.78 is 5.57. The maximum absolute atomic E-state index is 12.3. The number of rotatable bonds is 37. The van der Waals surface area contributed by atoms with Gasteiger partial charge in [0.05, 0.1) is 13.2 Å². The Morgan fingerprint density at radius 1 is 0.511 bits per heavy atom. The molecule has 0 saturated heterocycles. The lowest BCUT2D eigenvalue weighted by Crippen LogP contribution is -2.29. The van der Waals surface area contributed by atoms with Crippen LogP contribution in [0, 0.1) is 5.92 Å². The van der Waals surface area contributed by atoms with Crippen molar-refractivity contribution in [3.8, 4) is 0 Å². The van der Waals surface area contributed by atoms with Crippen LogP contribution < -0.4 is 5.48 Å². The third-order valence-corrected chi connectivity index (χ3v) is 9.39. The fourth-order valence-electron chi connectivity index (χ4n) is 6.28. The van der Waals surface area contributed by atoms with Crippen molar-refractivity contribution in [2.75, 3.05) is 13.2 Å². The van der Waals surface area contributed by atoms with E-state index in [4.69, 9.17) is 9.57 Å². The Morgan fingerprint density at radius 2 is 0.956 bits per heavy atom. The van der Waals surface area contributed by atoms with Gasteiger partial charge >= 0.3 is 5.97 Å². The van der Waals surface area contributed by atoms with Gasteiger partial charge in [0.1, 0.15) is 0 Å². The van der Waals surface area contributed by atoms with E-state index in [2.05, 4.69) is 33.2 Å². The molecule has 0 heterocycles. The van der Waals surface area contributed by atoms with E-state index in [0.717, 1.165) is 45.1 Å². The van der Waals surface area contributed by atoms with Crippen LogP contribution in [-0.4, -0.2) is 25.2 Å². The van der Waals surface area contributed by atoms with E-state index in [1.54, 1.807) is 6.08 Å². The molecule has 0 aliphatic rings. The normalized spacial score (nSPS) is 12.5. The fraction of sp³-hybridized carbons (Fsp3) is 0.927. The largest absolute Gasteiger partial charge is 0.463 e. The van der Waals surface area contributed by atoms with Gasteiger partial charge in [0, 0.05) is 12.1 Å². The lowest BCUT2D eigenvalue weighted by molar-refractivity contribution is -0.138. The van der Waals surface area contributed by atoms with Crippen molar-refractivity contribution < 1.29 is 14.4 Å². The number of hydrogen-bond donors (Lipinski definition) is 1. The summed E-state index contributed by atoms with van der Waals surface area (Å²) in [7, 11) is 0. The Morgan fingerprint density at radius 3 is 1.51 bits per heavy atom. The molecule has 1 N–H and O–H groups in total. The highest BCUT2D eigenvalue weighted by molar-refractivity contribution is 5.81. The first kappa shape index (κ1) is 44.1. The standard InChI is InChI=1S/C41H81NO3/c1-5-9-13-15-17-19-21-27-33-40(42-45-37-30-24-20-18-16-14-10-6-2)34-28-22-23-29-35-41(43)44-38-36-39(31-25-11-7-3)32-26-12-8-4/h29,35,39-40,42H,5-28,30-34,36-38H2,1-4H3. The molecule has 0 aromatic carbocycles. The Bertz CT molecular complexity index is 598. The van der Waals surface area contributed by atoms with E-state index in [1.807, 2.05) is 6.08 Å². The Balaban J connectivity index is 4.24. The lowest BCUT2D eigenvalue weighted by atomic mass is 9.92. The summed E-state index contributed by atoms with van der Waals surface area (Å²) >= 11 is 0. The topological polar surface area (TPSA) is 47.6 Å². The highest BCUT2D eigenvalue weighted by Gasteiger charge is 2.10. The molecule has 0 spiro atoms. The van der Waals surface area contributed by atoms with Crippen LogP contribution in [0.1, 0.15) is 220 Å². The van der Waals surface area contributed by atoms with Crippen LogP contribution in [-0.2, 0) is 14.4 Å². The van der Waals surface area contributed by atoms with Gasteiger partial charge in [0.2, 0.25) is 0 Å². The van der Waals surface area contributed by atoms with E-state index in [-0.39, 0.29) is 5.97 Å². The Hall–Kier alpha value is -0.870. The number of carbonyl (C=O) groups excluding carboxylic acids is 1. The summed E-state index contributed by atoms with van der Waals surface area (Å²) in [5.41, 5.74) is 3.44. The molecule has 0 bridgehead atoms. The zero-order chi connectivity index (χ0) is 32.9. The minimum Gasteiger partial charge on any atom is -0.463 e. The first-order valence-corrected chi connectivity index (χ1v) is 20.4. The van der Waals surface area contributed by atoms with Gasteiger partial charge in [-0.05, 0) is 44.4 Å². The molecular weight excluding hydrogens is 554 g/mol. The van der Waals surface area contributed by atoms with E-state index in [0.29, 0.717) is 18.6 Å². The second-order valence-electron chi connectivity index (χ2n) is 13.9. The van der Waals surface area contributed by atoms with E-state index >= 15 is 0 Å². The van der Waals surface area contributed by atoms with Crippen molar-refractivity contribution in [2.45, 2.75) is 226 Å². The van der Waals surface area contributed by atoms with Crippen LogP contribution in [0.4, 0.5) is 0 Å². The van der Waals surface area contributed by atoms with Crippen LogP contribution >= 0.6 is 0 Å². The number of allylic oxidation sites excluding steroid dienone is 1. The Labute approximate surface area is 283 Å². The highest BCUT2D eigenvalue weighted by atomic mass is 16.6. The summed E-state index contributed by atoms with van der Waals surface area (Å²) in [5, 5.41) is 0. The number of ether oxygens (including phenoxy) is 1. The van der Waals surface area contributed by atoms with Gasteiger partial charge in [0.25, 0.3) is 0 Å². The third-order valence-electron chi connectivity index (χ3n) is 9.39. The molecule has 45 heavy (non-hydrogen) atoms. The molecule has 0 radical (unpaired) electrons. The average molecular weight is 636 g/mol. The third kappa shape index (κ3) is 34.3. The SMILES string of the molecule is CCCCCCCCCCONC(CCCCC=CC(=O)OCCC(CCCCC)CCCCC)CCCCCCCCCC. The Kier molecular flexibility index (Phi) is 36.9. The fourth-order valence-corrected chi connectivity index (χ4v) is 6.28. The van der Waals surface area contributed by atoms with Crippen molar-refractivity contribution in [2.24, 2.45) is 5.92 Å². The van der Waals surface area contributed by atoms with E-state index < -0.39 is 0 Å². The number of hydrogen-bond acceptors (Lipinski definition) is 4. The maximum atomic E-state index is 12.3. The molecule has 0 saturated carbocycles. The second kappa shape index (κ2) is 37.6. The van der Waals surface area contributed by atoms with Gasteiger partial charge in [-0.1, -0.05) is 188 Å². The van der Waals surface area contributed by atoms with E-state index in [1.165, 1.54) is 154 Å². The highest BCUT2D eigenvalue weighted by Crippen LogP contribution is 2.21. The molecule has 0 aliphatic carbocycles. The monoisotopic (exact) mass is 636 g/mol. The van der Waals surface area contributed by atoms with Gasteiger partial charge in [-0.2, -0.15) is 5.48 Å². The first-order valence-electron chi connectivity index (χ1n) is 20.4.